The van der Waals surface area contributed by atoms with Gasteiger partial charge in [0.05, 0.1) is 5.60 Å². The lowest BCUT2D eigenvalue weighted by Crippen LogP contribution is -2.50. The fraction of sp³-hybridized carbons (Fsp3) is 1.00. The Labute approximate surface area is 58.0 Å². The molecule has 0 spiro atoms. The first-order valence-electron chi connectivity index (χ1n) is 3.62. The van der Waals surface area contributed by atoms with Gasteiger partial charge in [0, 0.05) is 14.0 Å². The van der Waals surface area contributed by atoms with Crippen molar-refractivity contribution in [3.8, 4) is 0 Å². The zero-order valence-corrected chi connectivity index (χ0v) is 7.03. The Bertz CT molecular complexity index is 132. The van der Waals surface area contributed by atoms with Crippen LogP contribution in [0.1, 0.15) is 33.1 Å². The van der Waals surface area contributed by atoms with E-state index in [-0.39, 0.29) is 5.60 Å². The maximum absolute atomic E-state index is 5.57. The summed E-state index contributed by atoms with van der Waals surface area (Å²) in [5, 5.41) is 0.576. The molecule has 0 N–H and O–H groups in total. The molecule has 1 heterocycles. The minimum atomic E-state index is 0.283. The average Bonchev–Trinajstić information content (AvgIpc) is 1.98. The highest BCUT2D eigenvalue weighted by atomic mass is 31.1. The lowest BCUT2D eigenvalue weighted by Gasteiger charge is -2.50. The van der Waals surface area contributed by atoms with Gasteiger partial charge in [-0.1, -0.05) is 6.92 Å². The quantitative estimate of drug-likeness (QED) is 0.474. The molecule has 52 valence electrons. The largest absolute Gasteiger partial charge is 0.355 e. The molecular formula is C7H13OP. The molecule has 1 aliphatic heterocycles. The second kappa shape index (κ2) is 1.52. The SMILES string of the molecule is CC12CCCC1(C)PO2. The highest BCUT2D eigenvalue weighted by molar-refractivity contribution is 7.36. The number of hydrogen-bond acceptors (Lipinski definition) is 1. The molecule has 1 saturated carbocycles. The summed E-state index contributed by atoms with van der Waals surface area (Å²) in [4.78, 5) is 0. The third kappa shape index (κ3) is 0.576. The molecule has 2 aliphatic rings. The summed E-state index contributed by atoms with van der Waals surface area (Å²) in [7, 11) is 0.779. The van der Waals surface area contributed by atoms with Gasteiger partial charge in [-0.25, -0.2) is 0 Å². The predicted octanol–water partition coefficient (Wildman–Crippen LogP) is 2.31. The van der Waals surface area contributed by atoms with E-state index in [9.17, 15) is 0 Å². The maximum Gasteiger partial charge on any atom is 0.0805 e. The van der Waals surface area contributed by atoms with Crippen molar-refractivity contribution in [2.75, 3.05) is 0 Å². The van der Waals surface area contributed by atoms with Crippen molar-refractivity contribution in [2.24, 2.45) is 0 Å². The summed E-state index contributed by atoms with van der Waals surface area (Å²) in [6.45, 7) is 4.62. The monoisotopic (exact) mass is 144 g/mol. The molecule has 2 rings (SSSR count). The standard InChI is InChI=1S/C7H13OP/c1-6-4-3-5-7(6,2)9-8-6/h9H,3-5H2,1-2H3. The minimum Gasteiger partial charge on any atom is -0.355 e. The topological polar surface area (TPSA) is 9.23 Å². The average molecular weight is 144 g/mol. The van der Waals surface area contributed by atoms with Gasteiger partial charge in [-0.05, 0) is 26.2 Å². The van der Waals surface area contributed by atoms with Crippen molar-refractivity contribution in [1.29, 1.82) is 0 Å². The van der Waals surface area contributed by atoms with Crippen LogP contribution in [0.3, 0.4) is 0 Å². The molecule has 2 heteroatoms. The third-order valence-electron chi connectivity index (χ3n) is 3.00. The zero-order chi connectivity index (χ0) is 6.54. The molecule has 0 radical (unpaired) electrons. The van der Waals surface area contributed by atoms with E-state index in [2.05, 4.69) is 13.8 Å². The van der Waals surface area contributed by atoms with E-state index in [1.807, 2.05) is 0 Å². The van der Waals surface area contributed by atoms with Crippen LogP contribution in [0.5, 0.6) is 0 Å². The van der Waals surface area contributed by atoms with Crippen LogP contribution in [-0.2, 0) is 4.52 Å². The van der Waals surface area contributed by atoms with Crippen molar-refractivity contribution in [2.45, 2.75) is 43.9 Å². The lowest BCUT2D eigenvalue weighted by molar-refractivity contribution is 0.0319. The molecular weight excluding hydrogens is 131 g/mol. The van der Waals surface area contributed by atoms with Crippen LogP contribution in [0, 0.1) is 0 Å². The van der Waals surface area contributed by atoms with Crippen molar-refractivity contribution in [3.63, 3.8) is 0 Å². The van der Waals surface area contributed by atoms with Gasteiger partial charge in [0.1, 0.15) is 0 Å². The first-order chi connectivity index (χ1) is 4.16. The highest BCUT2D eigenvalue weighted by Crippen LogP contribution is 2.64. The summed E-state index contributed by atoms with van der Waals surface area (Å²) in [6, 6.07) is 0. The minimum absolute atomic E-state index is 0.283. The van der Waals surface area contributed by atoms with Crippen LogP contribution in [0.4, 0.5) is 0 Å². The van der Waals surface area contributed by atoms with E-state index in [0.29, 0.717) is 5.16 Å². The first kappa shape index (κ1) is 6.12. The smallest absolute Gasteiger partial charge is 0.0805 e. The Balaban J connectivity index is 2.26. The van der Waals surface area contributed by atoms with Gasteiger partial charge in [0.25, 0.3) is 0 Å². The molecule has 0 aromatic rings. The summed E-state index contributed by atoms with van der Waals surface area (Å²) >= 11 is 0. The van der Waals surface area contributed by atoms with Gasteiger partial charge < -0.3 is 4.52 Å². The number of rotatable bonds is 0. The fourth-order valence-electron chi connectivity index (χ4n) is 1.82. The van der Waals surface area contributed by atoms with Gasteiger partial charge in [-0.2, -0.15) is 0 Å². The second-order valence-electron chi connectivity index (χ2n) is 3.62. The molecule has 0 aromatic carbocycles. The summed E-state index contributed by atoms with van der Waals surface area (Å²) in [6.07, 6.45) is 4.05. The van der Waals surface area contributed by atoms with Gasteiger partial charge >= 0.3 is 0 Å². The van der Waals surface area contributed by atoms with Crippen LogP contribution in [0.15, 0.2) is 0 Å². The molecule has 2 fully saturated rings. The zero-order valence-electron chi connectivity index (χ0n) is 6.03. The van der Waals surface area contributed by atoms with Crippen molar-refractivity contribution < 1.29 is 4.52 Å². The lowest BCUT2D eigenvalue weighted by atomic mass is 9.93. The van der Waals surface area contributed by atoms with Crippen LogP contribution in [-0.4, -0.2) is 10.8 Å². The van der Waals surface area contributed by atoms with E-state index in [1.165, 1.54) is 19.3 Å². The summed E-state index contributed by atoms with van der Waals surface area (Å²) in [5.74, 6) is 0. The molecule has 0 amide bonds. The van der Waals surface area contributed by atoms with E-state index >= 15 is 0 Å². The Kier molecular flexibility index (Phi) is 1.03. The Morgan fingerprint density at radius 2 is 2.11 bits per heavy atom. The molecule has 3 atom stereocenters. The Morgan fingerprint density at radius 1 is 1.33 bits per heavy atom. The van der Waals surface area contributed by atoms with Gasteiger partial charge in [-0.15, -0.1) is 0 Å². The van der Waals surface area contributed by atoms with Crippen LogP contribution < -0.4 is 0 Å². The molecule has 1 nitrogen and oxygen atoms in total. The second-order valence-corrected chi connectivity index (χ2v) is 5.13. The molecule has 0 aromatic heterocycles. The van der Waals surface area contributed by atoms with Crippen molar-refractivity contribution >= 4 is 8.81 Å². The van der Waals surface area contributed by atoms with Gasteiger partial charge in [0.15, 0.2) is 0 Å². The van der Waals surface area contributed by atoms with Gasteiger partial charge in [0.2, 0.25) is 0 Å². The van der Waals surface area contributed by atoms with Crippen LogP contribution in [0.2, 0.25) is 0 Å². The van der Waals surface area contributed by atoms with E-state index in [1.54, 1.807) is 0 Å². The van der Waals surface area contributed by atoms with Crippen LogP contribution >= 0.6 is 8.81 Å². The molecule has 1 saturated heterocycles. The Morgan fingerprint density at radius 3 is 2.33 bits per heavy atom. The van der Waals surface area contributed by atoms with E-state index in [0.717, 1.165) is 8.81 Å². The third-order valence-corrected chi connectivity index (χ3v) is 4.78. The van der Waals surface area contributed by atoms with Crippen molar-refractivity contribution in [1.82, 2.24) is 0 Å². The summed E-state index contributed by atoms with van der Waals surface area (Å²) in [5.41, 5.74) is 0.283. The molecule has 0 bridgehead atoms. The molecule has 1 aliphatic carbocycles. The number of hydrogen-bond donors (Lipinski definition) is 0. The molecule has 3 unspecified atom stereocenters. The number of fused-ring (bicyclic) bond motifs is 1. The highest BCUT2D eigenvalue weighted by Gasteiger charge is 2.57. The maximum atomic E-state index is 5.57. The molecule has 9 heavy (non-hydrogen) atoms. The van der Waals surface area contributed by atoms with E-state index in [4.69, 9.17) is 4.52 Å². The van der Waals surface area contributed by atoms with Gasteiger partial charge in [-0.3, -0.25) is 0 Å². The van der Waals surface area contributed by atoms with Crippen molar-refractivity contribution in [3.05, 3.63) is 0 Å². The Hall–Kier alpha value is 0.390. The summed E-state index contributed by atoms with van der Waals surface area (Å²) < 4.78 is 5.57. The normalized spacial score (nSPS) is 59.3. The predicted molar refractivity (Wildman–Crippen MR) is 40.1 cm³/mol. The van der Waals surface area contributed by atoms with Crippen LogP contribution in [0.25, 0.3) is 0 Å². The first-order valence-corrected chi connectivity index (χ1v) is 4.52. The van der Waals surface area contributed by atoms with E-state index < -0.39 is 0 Å². The fourth-order valence-corrected chi connectivity index (χ4v) is 3.13.